The lowest BCUT2D eigenvalue weighted by Gasteiger charge is -2.18. The Labute approximate surface area is 111 Å². The summed E-state index contributed by atoms with van der Waals surface area (Å²) in [4.78, 5) is 12.0. The van der Waals surface area contributed by atoms with Crippen molar-refractivity contribution in [3.05, 3.63) is 47.4 Å². The molecule has 0 atom stereocenters. The van der Waals surface area contributed by atoms with Crippen LogP contribution >= 0.6 is 0 Å². The zero-order valence-corrected chi connectivity index (χ0v) is 10.8. The van der Waals surface area contributed by atoms with Crippen LogP contribution in [-0.2, 0) is 6.42 Å². The molecule has 0 bridgehead atoms. The summed E-state index contributed by atoms with van der Waals surface area (Å²) in [5, 5.41) is 6.21. The fourth-order valence-electron chi connectivity index (χ4n) is 2.33. The number of amides is 1. The molecular formula is C15H16N2O2. The number of nitrogens with one attached hydrogen (secondary N) is 2. The number of carbonyl (C=O) groups is 1. The van der Waals surface area contributed by atoms with Crippen molar-refractivity contribution in [2.24, 2.45) is 0 Å². The second-order valence-electron chi connectivity index (χ2n) is 4.79. The first kappa shape index (κ1) is 11.8. The van der Waals surface area contributed by atoms with Gasteiger partial charge in [-0.15, -0.1) is 0 Å². The number of hydrogen-bond donors (Lipinski definition) is 2. The first-order chi connectivity index (χ1) is 9.24. The highest BCUT2D eigenvalue weighted by Crippen LogP contribution is 2.25. The first-order valence-corrected chi connectivity index (χ1v) is 6.46. The Morgan fingerprint density at radius 2 is 2.26 bits per heavy atom. The van der Waals surface area contributed by atoms with E-state index in [0.717, 1.165) is 36.3 Å². The molecular weight excluding hydrogens is 240 g/mol. The Kier molecular flexibility index (Phi) is 2.99. The van der Waals surface area contributed by atoms with Crippen molar-refractivity contribution in [1.82, 2.24) is 0 Å². The maximum absolute atomic E-state index is 12.0. The van der Waals surface area contributed by atoms with Gasteiger partial charge in [-0.05, 0) is 43.5 Å². The minimum Gasteiger partial charge on any atom is -0.459 e. The van der Waals surface area contributed by atoms with Crippen LogP contribution in [0.5, 0.6) is 0 Å². The zero-order chi connectivity index (χ0) is 13.2. The lowest BCUT2D eigenvalue weighted by atomic mass is 10.0. The van der Waals surface area contributed by atoms with Gasteiger partial charge in [0.2, 0.25) is 0 Å². The molecule has 1 aliphatic heterocycles. The molecule has 19 heavy (non-hydrogen) atoms. The Bertz CT molecular complexity index is 616. The smallest absolute Gasteiger partial charge is 0.291 e. The average molecular weight is 256 g/mol. The lowest BCUT2D eigenvalue weighted by Crippen LogP contribution is -2.14. The summed E-state index contributed by atoms with van der Waals surface area (Å²) in [6.45, 7) is 2.84. The molecule has 0 saturated carbocycles. The molecule has 0 saturated heterocycles. The largest absolute Gasteiger partial charge is 0.459 e. The number of fused-ring (bicyclic) bond motifs is 1. The van der Waals surface area contributed by atoms with Gasteiger partial charge in [-0.3, -0.25) is 4.79 Å². The third-order valence-corrected chi connectivity index (χ3v) is 3.37. The van der Waals surface area contributed by atoms with E-state index in [9.17, 15) is 4.79 Å². The van der Waals surface area contributed by atoms with E-state index in [1.165, 1.54) is 11.8 Å². The van der Waals surface area contributed by atoms with Crippen LogP contribution in [0.4, 0.5) is 11.4 Å². The highest BCUT2D eigenvalue weighted by Gasteiger charge is 2.14. The third kappa shape index (κ3) is 2.34. The summed E-state index contributed by atoms with van der Waals surface area (Å²) >= 11 is 0. The van der Waals surface area contributed by atoms with Crippen LogP contribution in [0.2, 0.25) is 0 Å². The standard InChI is InChI=1S/C15H16N2O2/c1-10-6-8-19-14(10)15(18)17-12-5-4-11-3-2-7-16-13(11)9-12/h4-6,8-9,16H,2-3,7H2,1H3,(H,17,18). The van der Waals surface area contributed by atoms with Crippen LogP contribution in [-0.4, -0.2) is 12.5 Å². The van der Waals surface area contributed by atoms with Crippen LogP contribution in [0.15, 0.2) is 34.9 Å². The highest BCUT2D eigenvalue weighted by molar-refractivity contribution is 6.03. The predicted octanol–water partition coefficient (Wildman–Crippen LogP) is 3.20. The van der Waals surface area contributed by atoms with E-state index in [2.05, 4.69) is 16.7 Å². The van der Waals surface area contributed by atoms with Gasteiger partial charge in [0, 0.05) is 23.5 Å². The van der Waals surface area contributed by atoms with E-state index < -0.39 is 0 Å². The second kappa shape index (κ2) is 4.80. The molecule has 1 aliphatic rings. The molecule has 0 spiro atoms. The molecule has 2 N–H and O–H groups in total. The molecule has 0 fully saturated rings. The van der Waals surface area contributed by atoms with Crippen LogP contribution in [0.3, 0.4) is 0 Å². The number of anilines is 2. The Morgan fingerprint density at radius 1 is 1.37 bits per heavy atom. The molecule has 4 nitrogen and oxygen atoms in total. The fraction of sp³-hybridized carbons (Fsp3) is 0.267. The van der Waals surface area contributed by atoms with Gasteiger partial charge in [0.25, 0.3) is 5.91 Å². The predicted molar refractivity (Wildman–Crippen MR) is 74.7 cm³/mol. The quantitative estimate of drug-likeness (QED) is 0.867. The molecule has 0 aliphatic carbocycles. The Balaban J connectivity index is 1.80. The van der Waals surface area contributed by atoms with Crippen molar-refractivity contribution >= 4 is 17.3 Å². The maximum Gasteiger partial charge on any atom is 0.291 e. The average Bonchev–Trinajstić information content (AvgIpc) is 2.85. The van der Waals surface area contributed by atoms with E-state index in [1.807, 2.05) is 19.1 Å². The molecule has 0 radical (unpaired) electrons. The number of hydrogen-bond acceptors (Lipinski definition) is 3. The number of carbonyl (C=O) groups excluding carboxylic acids is 1. The fourth-order valence-corrected chi connectivity index (χ4v) is 2.33. The molecule has 1 amide bonds. The van der Waals surface area contributed by atoms with Gasteiger partial charge in [-0.25, -0.2) is 0 Å². The normalized spacial score (nSPS) is 13.5. The summed E-state index contributed by atoms with van der Waals surface area (Å²) in [5.41, 5.74) is 4.04. The van der Waals surface area contributed by atoms with Gasteiger partial charge < -0.3 is 15.1 Å². The van der Waals surface area contributed by atoms with Crippen molar-refractivity contribution < 1.29 is 9.21 Å². The summed E-state index contributed by atoms with van der Waals surface area (Å²) in [5.74, 6) is 0.156. The summed E-state index contributed by atoms with van der Waals surface area (Å²) < 4.78 is 5.18. The van der Waals surface area contributed by atoms with E-state index in [1.54, 1.807) is 6.07 Å². The van der Waals surface area contributed by atoms with Gasteiger partial charge in [0.1, 0.15) is 0 Å². The molecule has 2 heterocycles. The monoisotopic (exact) mass is 256 g/mol. The summed E-state index contributed by atoms with van der Waals surface area (Å²) in [6, 6.07) is 7.75. The van der Waals surface area contributed by atoms with E-state index in [0.29, 0.717) is 5.76 Å². The van der Waals surface area contributed by atoms with Crippen molar-refractivity contribution in [2.45, 2.75) is 19.8 Å². The van der Waals surface area contributed by atoms with Gasteiger partial charge in [-0.2, -0.15) is 0 Å². The topological polar surface area (TPSA) is 54.3 Å². The molecule has 2 aromatic rings. The summed E-state index contributed by atoms with van der Waals surface area (Å²) in [7, 11) is 0. The van der Waals surface area contributed by atoms with E-state index in [-0.39, 0.29) is 5.91 Å². The SMILES string of the molecule is Cc1ccoc1C(=O)Nc1ccc2c(c1)NCCC2. The second-order valence-corrected chi connectivity index (χ2v) is 4.79. The first-order valence-electron chi connectivity index (χ1n) is 6.46. The zero-order valence-electron chi connectivity index (χ0n) is 10.8. The number of furan rings is 1. The van der Waals surface area contributed by atoms with E-state index >= 15 is 0 Å². The minimum atomic E-state index is -0.210. The van der Waals surface area contributed by atoms with Crippen molar-refractivity contribution in [3.8, 4) is 0 Å². The van der Waals surface area contributed by atoms with Crippen molar-refractivity contribution in [2.75, 3.05) is 17.2 Å². The molecule has 0 unspecified atom stereocenters. The molecule has 3 rings (SSSR count). The van der Waals surface area contributed by atoms with Crippen LogP contribution in [0.1, 0.15) is 28.1 Å². The van der Waals surface area contributed by atoms with E-state index in [4.69, 9.17) is 4.42 Å². The van der Waals surface area contributed by atoms with Crippen LogP contribution in [0, 0.1) is 6.92 Å². The number of rotatable bonds is 2. The lowest BCUT2D eigenvalue weighted by molar-refractivity contribution is 0.0996. The number of benzene rings is 1. The van der Waals surface area contributed by atoms with Crippen molar-refractivity contribution in [3.63, 3.8) is 0 Å². The van der Waals surface area contributed by atoms with Gasteiger partial charge in [-0.1, -0.05) is 6.07 Å². The Morgan fingerprint density at radius 3 is 3.05 bits per heavy atom. The highest BCUT2D eigenvalue weighted by atomic mass is 16.3. The number of aryl methyl sites for hydroxylation is 2. The summed E-state index contributed by atoms with van der Waals surface area (Å²) in [6.07, 6.45) is 3.77. The Hall–Kier alpha value is -2.23. The molecule has 98 valence electrons. The van der Waals surface area contributed by atoms with Gasteiger partial charge >= 0.3 is 0 Å². The van der Waals surface area contributed by atoms with Crippen LogP contribution in [0.25, 0.3) is 0 Å². The molecule has 1 aromatic heterocycles. The van der Waals surface area contributed by atoms with Crippen molar-refractivity contribution in [1.29, 1.82) is 0 Å². The van der Waals surface area contributed by atoms with Gasteiger partial charge in [0.15, 0.2) is 5.76 Å². The van der Waals surface area contributed by atoms with Crippen LogP contribution < -0.4 is 10.6 Å². The maximum atomic E-state index is 12.0. The molecule has 4 heteroatoms. The van der Waals surface area contributed by atoms with Gasteiger partial charge in [0.05, 0.1) is 6.26 Å². The third-order valence-electron chi connectivity index (χ3n) is 3.37. The molecule has 1 aromatic carbocycles. The minimum absolute atomic E-state index is 0.210.